The van der Waals surface area contributed by atoms with Crippen LogP contribution in [0.4, 0.5) is 5.82 Å². The van der Waals surface area contributed by atoms with E-state index in [1.807, 2.05) is 0 Å². The van der Waals surface area contributed by atoms with Crippen LogP contribution in [0.25, 0.3) is 11.0 Å². The highest BCUT2D eigenvalue weighted by molar-refractivity contribution is 5.78. The van der Waals surface area contributed by atoms with E-state index < -0.39 is 0 Å². The molecule has 0 radical (unpaired) electrons. The van der Waals surface area contributed by atoms with E-state index in [9.17, 15) is 0 Å². The van der Waals surface area contributed by atoms with Crippen LogP contribution >= 0.6 is 0 Å². The molecule has 5 nitrogen and oxygen atoms in total. The van der Waals surface area contributed by atoms with E-state index in [2.05, 4.69) is 50.7 Å². The second-order valence-electron chi connectivity index (χ2n) is 6.93. The average molecular weight is 313 g/mol. The lowest BCUT2D eigenvalue weighted by Crippen LogP contribution is -2.44. The van der Waals surface area contributed by atoms with Crippen LogP contribution in [-0.4, -0.2) is 72.2 Å². The van der Waals surface area contributed by atoms with Gasteiger partial charge in [-0.2, -0.15) is 0 Å². The van der Waals surface area contributed by atoms with Gasteiger partial charge in [0.25, 0.3) is 0 Å². The van der Waals surface area contributed by atoms with Crippen molar-refractivity contribution in [3.05, 3.63) is 24.4 Å². The van der Waals surface area contributed by atoms with Crippen molar-refractivity contribution < 1.29 is 0 Å². The Morgan fingerprint density at radius 1 is 0.913 bits per heavy atom. The Bertz CT molecular complexity index is 650. The number of fused-ring (bicyclic) bond motifs is 1. The number of anilines is 1. The molecular weight excluding hydrogens is 286 g/mol. The molecule has 0 bridgehead atoms. The van der Waals surface area contributed by atoms with Crippen LogP contribution in [-0.2, 0) is 6.54 Å². The molecule has 4 heterocycles. The SMILES string of the molecule is CN1CCN(c2ccc3ccn(CCN4CCCC4)c3n2)CC1. The summed E-state index contributed by atoms with van der Waals surface area (Å²) in [7, 11) is 2.19. The Morgan fingerprint density at radius 2 is 1.70 bits per heavy atom. The highest BCUT2D eigenvalue weighted by atomic mass is 15.3. The number of hydrogen-bond donors (Lipinski definition) is 0. The van der Waals surface area contributed by atoms with E-state index in [4.69, 9.17) is 4.98 Å². The standard InChI is InChI=1S/C18H27N5/c1-20-10-13-22(14-11-20)17-5-4-16-6-9-23(18(16)19-17)15-12-21-7-2-3-8-21/h4-6,9H,2-3,7-8,10-15H2,1H3. The lowest BCUT2D eigenvalue weighted by atomic mass is 10.3. The summed E-state index contributed by atoms with van der Waals surface area (Å²) in [5, 5.41) is 1.25. The van der Waals surface area contributed by atoms with E-state index >= 15 is 0 Å². The lowest BCUT2D eigenvalue weighted by Gasteiger charge is -2.33. The number of nitrogens with zero attached hydrogens (tertiary/aromatic N) is 5. The molecule has 0 N–H and O–H groups in total. The van der Waals surface area contributed by atoms with Gasteiger partial charge in [0.1, 0.15) is 11.5 Å². The van der Waals surface area contributed by atoms with Crippen LogP contribution in [0.2, 0.25) is 0 Å². The quantitative estimate of drug-likeness (QED) is 0.861. The predicted molar refractivity (Wildman–Crippen MR) is 95.1 cm³/mol. The summed E-state index contributed by atoms with van der Waals surface area (Å²) in [6.07, 6.45) is 4.91. The van der Waals surface area contributed by atoms with Crippen molar-refractivity contribution in [3.63, 3.8) is 0 Å². The van der Waals surface area contributed by atoms with Gasteiger partial charge in [-0.15, -0.1) is 0 Å². The minimum atomic E-state index is 1.04. The minimum Gasteiger partial charge on any atom is -0.354 e. The molecule has 2 aromatic rings. The maximum absolute atomic E-state index is 4.98. The van der Waals surface area contributed by atoms with Crippen molar-refractivity contribution in [1.82, 2.24) is 19.4 Å². The van der Waals surface area contributed by atoms with Crippen molar-refractivity contribution in [2.24, 2.45) is 0 Å². The van der Waals surface area contributed by atoms with Crippen molar-refractivity contribution in [2.75, 3.05) is 57.8 Å². The first-order valence-corrected chi connectivity index (χ1v) is 8.91. The molecule has 0 amide bonds. The number of pyridine rings is 1. The number of piperazine rings is 1. The summed E-state index contributed by atoms with van der Waals surface area (Å²) in [6, 6.07) is 6.60. The monoisotopic (exact) mass is 313 g/mol. The summed E-state index contributed by atoms with van der Waals surface area (Å²) in [4.78, 5) is 12.3. The Morgan fingerprint density at radius 3 is 2.48 bits per heavy atom. The van der Waals surface area contributed by atoms with E-state index in [-0.39, 0.29) is 0 Å². The molecule has 0 spiro atoms. The third-order valence-electron chi connectivity index (χ3n) is 5.28. The van der Waals surface area contributed by atoms with Crippen molar-refractivity contribution >= 4 is 16.9 Å². The van der Waals surface area contributed by atoms with E-state index in [0.29, 0.717) is 0 Å². The van der Waals surface area contributed by atoms with E-state index in [1.54, 1.807) is 0 Å². The first-order valence-electron chi connectivity index (χ1n) is 8.91. The third kappa shape index (κ3) is 3.21. The maximum atomic E-state index is 4.98. The normalized spacial score (nSPS) is 20.7. The summed E-state index contributed by atoms with van der Waals surface area (Å²) in [5.41, 5.74) is 1.14. The molecule has 23 heavy (non-hydrogen) atoms. The van der Waals surface area contributed by atoms with Crippen LogP contribution in [0, 0.1) is 0 Å². The van der Waals surface area contributed by atoms with Crippen molar-refractivity contribution in [2.45, 2.75) is 19.4 Å². The molecule has 0 unspecified atom stereocenters. The largest absolute Gasteiger partial charge is 0.354 e. The third-order valence-corrected chi connectivity index (χ3v) is 5.28. The highest BCUT2D eigenvalue weighted by Gasteiger charge is 2.16. The van der Waals surface area contributed by atoms with Gasteiger partial charge in [-0.05, 0) is 51.2 Å². The van der Waals surface area contributed by atoms with Gasteiger partial charge >= 0.3 is 0 Å². The zero-order valence-electron chi connectivity index (χ0n) is 14.1. The topological polar surface area (TPSA) is 27.5 Å². The van der Waals surface area contributed by atoms with Gasteiger partial charge in [-0.1, -0.05) is 0 Å². The molecule has 2 saturated heterocycles. The van der Waals surface area contributed by atoms with Crippen LogP contribution in [0.5, 0.6) is 0 Å². The van der Waals surface area contributed by atoms with Crippen LogP contribution in [0.1, 0.15) is 12.8 Å². The number of aromatic nitrogens is 2. The average Bonchev–Trinajstić information content (AvgIpc) is 3.22. The fraction of sp³-hybridized carbons (Fsp3) is 0.611. The minimum absolute atomic E-state index is 1.04. The summed E-state index contributed by atoms with van der Waals surface area (Å²) < 4.78 is 2.33. The van der Waals surface area contributed by atoms with E-state index in [1.165, 1.54) is 31.3 Å². The Hall–Kier alpha value is -1.59. The van der Waals surface area contributed by atoms with Gasteiger partial charge in [0.05, 0.1) is 0 Å². The molecule has 2 aliphatic rings. The second-order valence-corrected chi connectivity index (χ2v) is 6.93. The molecule has 2 fully saturated rings. The number of likely N-dealkylation sites (N-methyl/N-ethyl adjacent to an activating group) is 1. The fourth-order valence-electron chi connectivity index (χ4n) is 3.70. The zero-order chi connectivity index (χ0) is 15.6. The number of hydrogen-bond acceptors (Lipinski definition) is 4. The Balaban J connectivity index is 1.51. The molecule has 4 rings (SSSR count). The Labute approximate surface area is 138 Å². The molecule has 0 aromatic carbocycles. The van der Waals surface area contributed by atoms with Gasteiger partial charge in [-0.25, -0.2) is 4.98 Å². The lowest BCUT2D eigenvalue weighted by molar-refractivity contribution is 0.312. The molecule has 0 atom stereocenters. The highest BCUT2D eigenvalue weighted by Crippen LogP contribution is 2.20. The molecule has 124 valence electrons. The summed E-state index contributed by atoms with van der Waals surface area (Å²) in [5.74, 6) is 1.13. The molecule has 2 aromatic heterocycles. The summed E-state index contributed by atoms with van der Waals surface area (Å²) in [6.45, 7) is 9.10. The molecule has 5 heteroatoms. The zero-order valence-corrected chi connectivity index (χ0v) is 14.1. The first-order chi connectivity index (χ1) is 11.3. The van der Waals surface area contributed by atoms with Crippen molar-refractivity contribution in [3.8, 4) is 0 Å². The van der Waals surface area contributed by atoms with Crippen LogP contribution in [0.15, 0.2) is 24.4 Å². The fourth-order valence-corrected chi connectivity index (χ4v) is 3.70. The van der Waals surface area contributed by atoms with Crippen LogP contribution < -0.4 is 4.90 Å². The predicted octanol–water partition coefficient (Wildman–Crippen LogP) is 1.88. The van der Waals surface area contributed by atoms with E-state index in [0.717, 1.165) is 50.7 Å². The van der Waals surface area contributed by atoms with Gasteiger partial charge < -0.3 is 19.3 Å². The molecular formula is C18H27N5. The summed E-state index contributed by atoms with van der Waals surface area (Å²) >= 11 is 0. The molecule has 0 saturated carbocycles. The van der Waals surface area contributed by atoms with Gasteiger partial charge in [0, 0.05) is 50.9 Å². The van der Waals surface area contributed by atoms with Crippen molar-refractivity contribution in [1.29, 1.82) is 0 Å². The smallest absolute Gasteiger partial charge is 0.142 e. The Kier molecular flexibility index (Phi) is 4.23. The maximum Gasteiger partial charge on any atom is 0.142 e. The number of likely N-dealkylation sites (tertiary alicyclic amines) is 1. The van der Waals surface area contributed by atoms with Crippen LogP contribution in [0.3, 0.4) is 0 Å². The molecule has 0 aliphatic carbocycles. The van der Waals surface area contributed by atoms with Gasteiger partial charge in [0.2, 0.25) is 0 Å². The first kappa shape index (κ1) is 15.0. The molecule has 2 aliphatic heterocycles. The van der Waals surface area contributed by atoms with Gasteiger partial charge in [0.15, 0.2) is 0 Å². The number of rotatable bonds is 4. The second kappa shape index (κ2) is 6.49. The van der Waals surface area contributed by atoms with Gasteiger partial charge in [-0.3, -0.25) is 0 Å².